The largest absolute Gasteiger partial charge is 0.351 e. The average Bonchev–Trinajstić information content (AvgIpc) is 1.98. The third kappa shape index (κ3) is 3.42. The topological polar surface area (TPSA) is 149 Å². The predicted octanol–water partition coefficient (Wildman–Crippen LogP) is -0.839. The SMILES string of the molecule is Cc1nc(NC(N)=O)nc(NC(N)=O)n1. The van der Waals surface area contributed by atoms with Crippen LogP contribution < -0.4 is 22.1 Å². The highest BCUT2D eigenvalue weighted by Gasteiger charge is 2.06. The summed E-state index contributed by atoms with van der Waals surface area (Å²) < 4.78 is 0. The number of aryl methyl sites for hydroxylation is 1. The molecule has 0 aromatic carbocycles. The lowest BCUT2D eigenvalue weighted by Gasteiger charge is -2.04. The first-order valence-electron chi connectivity index (χ1n) is 3.83. The van der Waals surface area contributed by atoms with Gasteiger partial charge in [-0.05, 0) is 6.92 Å². The molecule has 4 amide bonds. The van der Waals surface area contributed by atoms with Crippen molar-refractivity contribution in [2.45, 2.75) is 6.92 Å². The molecule has 15 heavy (non-hydrogen) atoms. The van der Waals surface area contributed by atoms with E-state index in [2.05, 4.69) is 25.6 Å². The van der Waals surface area contributed by atoms with Crippen molar-refractivity contribution in [2.24, 2.45) is 11.5 Å². The monoisotopic (exact) mass is 211 g/mol. The zero-order valence-corrected chi connectivity index (χ0v) is 7.81. The van der Waals surface area contributed by atoms with Gasteiger partial charge in [0.2, 0.25) is 11.9 Å². The Balaban J connectivity index is 2.94. The van der Waals surface area contributed by atoms with Gasteiger partial charge in [-0.1, -0.05) is 0 Å². The van der Waals surface area contributed by atoms with Crippen LogP contribution >= 0.6 is 0 Å². The van der Waals surface area contributed by atoms with Gasteiger partial charge in [-0.3, -0.25) is 10.6 Å². The second-order valence-electron chi connectivity index (χ2n) is 2.51. The van der Waals surface area contributed by atoms with Gasteiger partial charge in [-0.25, -0.2) is 9.59 Å². The second kappa shape index (κ2) is 4.17. The summed E-state index contributed by atoms with van der Waals surface area (Å²) in [4.78, 5) is 32.2. The molecule has 0 fully saturated rings. The number of aromatic nitrogens is 3. The van der Waals surface area contributed by atoms with Crippen molar-refractivity contribution in [3.8, 4) is 0 Å². The number of amides is 4. The molecule has 6 N–H and O–H groups in total. The van der Waals surface area contributed by atoms with Gasteiger partial charge in [0.05, 0.1) is 0 Å². The molecule has 1 aromatic rings. The minimum Gasteiger partial charge on any atom is -0.351 e. The van der Waals surface area contributed by atoms with Crippen LogP contribution in [0.2, 0.25) is 0 Å². The molecule has 0 atom stereocenters. The molecule has 0 spiro atoms. The van der Waals surface area contributed by atoms with Crippen LogP contribution in [-0.2, 0) is 0 Å². The standard InChI is InChI=1S/C6H9N7O2/c1-2-9-5(11-3(7)14)13-6(10-2)12-4(8)15/h1H3,(H6,7,8,9,10,11,12,13,14,15). The van der Waals surface area contributed by atoms with E-state index in [1.54, 1.807) is 6.92 Å². The third-order valence-corrected chi connectivity index (χ3v) is 1.22. The number of hydrogen-bond acceptors (Lipinski definition) is 5. The van der Waals surface area contributed by atoms with Gasteiger partial charge < -0.3 is 11.5 Å². The molecule has 1 heterocycles. The summed E-state index contributed by atoms with van der Waals surface area (Å²) in [6, 6.07) is -1.63. The van der Waals surface area contributed by atoms with Crippen molar-refractivity contribution in [1.29, 1.82) is 0 Å². The number of carbonyl (C=O) groups is 2. The number of primary amides is 2. The van der Waals surface area contributed by atoms with Gasteiger partial charge in [-0.2, -0.15) is 15.0 Å². The van der Waals surface area contributed by atoms with Gasteiger partial charge in [-0.15, -0.1) is 0 Å². The number of anilines is 2. The van der Waals surface area contributed by atoms with Crippen LogP contribution in [0, 0.1) is 6.92 Å². The summed E-state index contributed by atoms with van der Waals surface area (Å²) >= 11 is 0. The minimum absolute atomic E-state index is 0.0567. The van der Waals surface area contributed by atoms with E-state index in [1.165, 1.54) is 0 Å². The summed E-state index contributed by atoms with van der Waals surface area (Å²) in [6.07, 6.45) is 0. The Kier molecular flexibility index (Phi) is 2.96. The van der Waals surface area contributed by atoms with Crippen LogP contribution in [0.1, 0.15) is 5.82 Å². The number of nitrogens with zero attached hydrogens (tertiary/aromatic N) is 3. The lowest BCUT2D eigenvalue weighted by Crippen LogP contribution is -2.24. The smallest absolute Gasteiger partial charge is 0.319 e. The zero-order chi connectivity index (χ0) is 11.4. The molecule has 9 nitrogen and oxygen atoms in total. The molecule has 1 rings (SSSR count). The second-order valence-corrected chi connectivity index (χ2v) is 2.51. The predicted molar refractivity (Wildman–Crippen MR) is 51.0 cm³/mol. The van der Waals surface area contributed by atoms with Crippen LogP contribution in [0.25, 0.3) is 0 Å². The van der Waals surface area contributed by atoms with E-state index in [0.717, 1.165) is 0 Å². The Morgan fingerprint density at radius 2 is 1.40 bits per heavy atom. The number of nitrogens with one attached hydrogen (secondary N) is 2. The van der Waals surface area contributed by atoms with Crippen molar-refractivity contribution in [3.05, 3.63) is 5.82 Å². The van der Waals surface area contributed by atoms with Gasteiger partial charge in [0, 0.05) is 0 Å². The number of rotatable bonds is 2. The molecular weight excluding hydrogens is 202 g/mol. The lowest BCUT2D eigenvalue weighted by atomic mass is 10.6. The molecular formula is C6H9N7O2. The van der Waals surface area contributed by atoms with Crippen LogP contribution in [0.3, 0.4) is 0 Å². The maximum atomic E-state index is 10.5. The number of nitrogens with two attached hydrogens (primary N) is 2. The molecule has 0 aliphatic carbocycles. The molecule has 0 saturated carbocycles. The van der Waals surface area contributed by atoms with E-state index in [4.69, 9.17) is 11.5 Å². The van der Waals surface area contributed by atoms with Gasteiger partial charge >= 0.3 is 12.1 Å². The molecule has 1 aromatic heterocycles. The van der Waals surface area contributed by atoms with Crippen molar-refractivity contribution in [1.82, 2.24) is 15.0 Å². The Morgan fingerprint density at radius 1 is 1.00 bits per heavy atom. The van der Waals surface area contributed by atoms with Crippen LogP contribution in [0.15, 0.2) is 0 Å². The van der Waals surface area contributed by atoms with Crippen LogP contribution in [0.5, 0.6) is 0 Å². The first-order valence-corrected chi connectivity index (χ1v) is 3.83. The normalized spacial score (nSPS) is 9.40. The summed E-state index contributed by atoms with van der Waals surface area (Å²) in [5, 5.41) is 4.29. The summed E-state index contributed by atoms with van der Waals surface area (Å²) in [5.74, 6) is 0.190. The summed E-state index contributed by atoms with van der Waals surface area (Å²) in [6.45, 7) is 1.56. The van der Waals surface area contributed by atoms with E-state index in [-0.39, 0.29) is 11.9 Å². The highest BCUT2D eigenvalue weighted by atomic mass is 16.2. The molecule has 0 radical (unpaired) electrons. The zero-order valence-electron chi connectivity index (χ0n) is 7.81. The molecule has 0 saturated heterocycles. The molecule has 9 heteroatoms. The van der Waals surface area contributed by atoms with Gasteiger partial charge in [0.15, 0.2) is 0 Å². The van der Waals surface area contributed by atoms with Gasteiger partial charge in [0.1, 0.15) is 5.82 Å². The van der Waals surface area contributed by atoms with E-state index >= 15 is 0 Å². The van der Waals surface area contributed by atoms with E-state index < -0.39 is 12.1 Å². The fourth-order valence-electron chi connectivity index (χ4n) is 0.814. The van der Waals surface area contributed by atoms with E-state index in [0.29, 0.717) is 5.82 Å². The first kappa shape index (κ1) is 10.6. The van der Waals surface area contributed by atoms with Crippen molar-refractivity contribution in [2.75, 3.05) is 10.6 Å². The lowest BCUT2D eigenvalue weighted by molar-refractivity contribution is 0.258. The molecule has 0 bridgehead atoms. The molecule has 80 valence electrons. The fraction of sp³-hybridized carbons (Fsp3) is 0.167. The van der Waals surface area contributed by atoms with Crippen molar-refractivity contribution >= 4 is 24.0 Å². The van der Waals surface area contributed by atoms with Crippen LogP contribution in [0.4, 0.5) is 21.5 Å². The van der Waals surface area contributed by atoms with Crippen molar-refractivity contribution in [3.63, 3.8) is 0 Å². The molecule has 0 aliphatic rings. The number of carbonyl (C=O) groups excluding carboxylic acids is 2. The highest BCUT2D eigenvalue weighted by Crippen LogP contribution is 2.03. The van der Waals surface area contributed by atoms with Crippen LogP contribution in [-0.4, -0.2) is 27.0 Å². The Labute approximate surface area is 84.3 Å². The maximum Gasteiger partial charge on any atom is 0.319 e. The van der Waals surface area contributed by atoms with Crippen molar-refractivity contribution < 1.29 is 9.59 Å². The first-order chi connectivity index (χ1) is 6.97. The molecule has 0 aliphatic heterocycles. The number of hydrogen-bond donors (Lipinski definition) is 4. The highest BCUT2D eigenvalue weighted by molar-refractivity contribution is 5.87. The molecule has 0 unspecified atom stereocenters. The number of urea groups is 2. The maximum absolute atomic E-state index is 10.5. The Bertz CT molecular complexity index is 370. The average molecular weight is 211 g/mol. The Morgan fingerprint density at radius 3 is 1.73 bits per heavy atom. The van der Waals surface area contributed by atoms with E-state index in [9.17, 15) is 9.59 Å². The minimum atomic E-state index is -0.814. The Hall–Kier alpha value is -2.45. The fourth-order valence-corrected chi connectivity index (χ4v) is 0.814. The van der Waals surface area contributed by atoms with E-state index in [1.807, 2.05) is 0 Å². The van der Waals surface area contributed by atoms with Gasteiger partial charge in [0.25, 0.3) is 0 Å². The third-order valence-electron chi connectivity index (χ3n) is 1.22. The quantitative estimate of drug-likeness (QED) is 0.503. The summed E-state index contributed by atoms with van der Waals surface area (Å²) in [5.41, 5.74) is 9.73. The summed E-state index contributed by atoms with van der Waals surface area (Å²) in [7, 11) is 0.